The number of fused-ring (bicyclic) bond motifs is 1. The first-order chi connectivity index (χ1) is 12.9. The topological polar surface area (TPSA) is 76.4 Å². The van der Waals surface area contributed by atoms with Gasteiger partial charge in [0.2, 0.25) is 0 Å². The zero-order valence-electron chi connectivity index (χ0n) is 16.2. The highest BCUT2D eigenvalue weighted by Gasteiger charge is 2.26. The number of carboxylic acids is 1. The smallest absolute Gasteiger partial charge is 0.307 e. The molecule has 2 aromatic carbocycles. The Balaban J connectivity index is 2.25. The summed E-state index contributed by atoms with van der Waals surface area (Å²) in [7, 11) is -3.99. The van der Waals surface area contributed by atoms with Crippen molar-refractivity contribution in [3.05, 3.63) is 65.1 Å². The highest BCUT2D eigenvalue weighted by molar-refractivity contribution is 7.90. The fourth-order valence-electron chi connectivity index (χ4n) is 3.34. The standard InChI is InChI=1S/C21H22FNO4S/c1-13-17(12-20(24)25)18-11-15(22)7-10-19(18)23(13)28(26,27)16-8-5-14(6-9-16)21(2,3)4/h5-11H,12H2,1-4H3,(H,24,25). The minimum atomic E-state index is -3.99. The number of nitrogens with zero attached hydrogens (tertiary/aromatic N) is 1. The van der Waals surface area contributed by atoms with Crippen molar-refractivity contribution in [1.29, 1.82) is 0 Å². The maximum absolute atomic E-state index is 13.8. The number of aromatic nitrogens is 1. The average Bonchev–Trinajstić information content (AvgIpc) is 2.86. The first kappa shape index (κ1) is 20.1. The Hall–Kier alpha value is -2.67. The lowest BCUT2D eigenvalue weighted by atomic mass is 9.87. The third kappa shape index (κ3) is 3.42. The number of halogens is 1. The number of benzene rings is 2. The molecule has 5 nitrogen and oxygen atoms in total. The second-order valence-electron chi connectivity index (χ2n) is 7.84. The first-order valence-electron chi connectivity index (χ1n) is 8.80. The molecular formula is C21H22FNO4S. The van der Waals surface area contributed by atoms with Crippen molar-refractivity contribution in [2.24, 2.45) is 0 Å². The maximum atomic E-state index is 13.8. The molecule has 0 bridgehead atoms. The van der Waals surface area contributed by atoms with Gasteiger partial charge < -0.3 is 5.11 Å². The van der Waals surface area contributed by atoms with Gasteiger partial charge in [-0.05, 0) is 53.8 Å². The van der Waals surface area contributed by atoms with E-state index in [1.807, 2.05) is 20.8 Å². The lowest BCUT2D eigenvalue weighted by molar-refractivity contribution is -0.136. The number of carbonyl (C=O) groups is 1. The normalized spacial score (nSPS) is 12.5. The minimum absolute atomic E-state index is 0.0895. The van der Waals surface area contributed by atoms with Crippen LogP contribution in [0.2, 0.25) is 0 Å². The zero-order valence-corrected chi connectivity index (χ0v) is 17.0. The molecule has 3 aromatic rings. The van der Waals surface area contributed by atoms with Gasteiger partial charge in [0.15, 0.2) is 0 Å². The van der Waals surface area contributed by atoms with Crippen LogP contribution in [0.15, 0.2) is 47.4 Å². The molecule has 0 unspecified atom stereocenters. The van der Waals surface area contributed by atoms with E-state index in [4.69, 9.17) is 0 Å². The van der Waals surface area contributed by atoms with E-state index in [1.165, 1.54) is 25.1 Å². The van der Waals surface area contributed by atoms with E-state index in [2.05, 4.69) is 0 Å². The number of rotatable bonds is 4. The zero-order chi connectivity index (χ0) is 20.9. The lowest BCUT2D eigenvalue weighted by Crippen LogP contribution is -2.16. The van der Waals surface area contributed by atoms with Gasteiger partial charge in [-0.3, -0.25) is 4.79 Å². The second-order valence-corrected chi connectivity index (χ2v) is 9.63. The molecule has 0 aliphatic heterocycles. The minimum Gasteiger partial charge on any atom is -0.481 e. The van der Waals surface area contributed by atoms with Crippen molar-refractivity contribution in [2.75, 3.05) is 0 Å². The summed E-state index contributed by atoms with van der Waals surface area (Å²) in [5.41, 5.74) is 1.69. The van der Waals surface area contributed by atoms with Crippen LogP contribution in [0.25, 0.3) is 10.9 Å². The highest BCUT2D eigenvalue weighted by Crippen LogP contribution is 2.32. The number of aliphatic carboxylic acids is 1. The highest BCUT2D eigenvalue weighted by atomic mass is 32.2. The molecule has 0 amide bonds. The van der Waals surface area contributed by atoms with Crippen LogP contribution >= 0.6 is 0 Å². The number of hydrogen-bond acceptors (Lipinski definition) is 3. The van der Waals surface area contributed by atoms with Crippen LogP contribution in [0.4, 0.5) is 4.39 Å². The molecule has 148 valence electrons. The van der Waals surface area contributed by atoms with Crippen LogP contribution in [0.1, 0.15) is 37.6 Å². The Morgan fingerprint density at radius 2 is 1.71 bits per heavy atom. The van der Waals surface area contributed by atoms with Gasteiger partial charge >= 0.3 is 5.97 Å². The van der Waals surface area contributed by atoms with E-state index in [9.17, 15) is 22.7 Å². The monoisotopic (exact) mass is 403 g/mol. The van der Waals surface area contributed by atoms with Gasteiger partial charge in [0, 0.05) is 11.1 Å². The predicted molar refractivity (Wildman–Crippen MR) is 106 cm³/mol. The van der Waals surface area contributed by atoms with E-state index < -0.39 is 28.2 Å². The molecular weight excluding hydrogens is 381 g/mol. The van der Waals surface area contributed by atoms with Crippen molar-refractivity contribution in [3.8, 4) is 0 Å². The predicted octanol–water partition coefficient (Wildman–Crippen LogP) is 4.25. The molecule has 0 fully saturated rings. The summed E-state index contributed by atoms with van der Waals surface area (Å²) in [5.74, 6) is -1.67. The van der Waals surface area contributed by atoms with Crippen molar-refractivity contribution in [3.63, 3.8) is 0 Å². The molecule has 1 heterocycles. The molecule has 0 saturated heterocycles. The van der Waals surface area contributed by atoms with Crippen LogP contribution in [-0.2, 0) is 26.7 Å². The maximum Gasteiger partial charge on any atom is 0.307 e. The van der Waals surface area contributed by atoms with Crippen molar-refractivity contribution in [1.82, 2.24) is 3.97 Å². The summed E-state index contributed by atoms with van der Waals surface area (Å²) in [6.07, 6.45) is -0.392. The van der Waals surface area contributed by atoms with Crippen LogP contribution in [0.5, 0.6) is 0 Å². The van der Waals surface area contributed by atoms with Crippen LogP contribution in [0, 0.1) is 12.7 Å². The van der Waals surface area contributed by atoms with E-state index in [1.54, 1.807) is 24.3 Å². The Labute approximate surface area is 163 Å². The molecule has 28 heavy (non-hydrogen) atoms. The first-order valence-corrected chi connectivity index (χ1v) is 10.2. The molecule has 1 N–H and O–H groups in total. The molecule has 3 rings (SSSR count). The van der Waals surface area contributed by atoms with Crippen molar-refractivity contribution in [2.45, 2.75) is 44.4 Å². The SMILES string of the molecule is Cc1c(CC(=O)O)c2cc(F)ccc2n1S(=O)(=O)c1ccc(C(C)(C)C)cc1. The molecule has 0 aliphatic carbocycles. The quantitative estimate of drug-likeness (QED) is 0.707. The van der Waals surface area contributed by atoms with Gasteiger partial charge in [-0.2, -0.15) is 0 Å². The summed E-state index contributed by atoms with van der Waals surface area (Å²) in [4.78, 5) is 11.3. The molecule has 7 heteroatoms. The lowest BCUT2D eigenvalue weighted by Gasteiger charge is -2.19. The third-order valence-electron chi connectivity index (χ3n) is 4.83. The fraction of sp³-hybridized carbons (Fsp3) is 0.286. The van der Waals surface area contributed by atoms with E-state index >= 15 is 0 Å². The van der Waals surface area contributed by atoms with Gasteiger partial charge in [0.1, 0.15) is 5.82 Å². The summed E-state index contributed by atoms with van der Waals surface area (Å²) < 4.78 is 41.5. The van der Waals surface area contributed by atoms with Crippen LogP contribution in [-0.4, -0.2) is 23.5 Å². The van der Waals surface area contributed by atoms with Gasteiger partial charge in [0.25, 0.3) is 10.0 Å². The summed E-state index contributed by atoms with van der Waals surface area (Å²) >= 11 is 0. The van der Waals surface area contributed by atoms with E-state index in [0.717, 1.165) is 9.54 Å². The van der Waals surface area contributed by atoms with Crippen molar-refractivity contribution < 1.29 is 22.7 Å². The van der Waals surface area contributed by atoms with E-state index in [-0.39, 0.29) is 32.5 Å². The molecule has 0 radical (unpaired) electrons. The molecule has 0 spiro atoms. The van der Waals surface area contributed by atoms with Crippen LogP contribution < -0.4 is 0 Å². The van der Waals surface area contributed by atoms with E-state index in [0.29, 0.717) is 0 Å². The Morgan fingerprint density at radius 3 is 2.25 bits per heavy atom. The van der Waals surface area contributed by atoms with Gasteiger partial charge in [-0.15, -0.1) is 0 Å². The Kier molecular flexibility index (Phi) is 4.83. The molecule has 0 atom stereocenters. The third-order valence-corrected chi connectivity index (χ3v) is 6.65. The van der Waals surface area contributed by atoms with Crippen molar-refractivity contribution >= 4 is 26.9 Å². The fourth-order valence-corrected chi connectivity index (χ4v) is 4.92. The largest absolute Gasteiger partial charge is 0.481 e. The second kappa shape index (κ2) is 6.74. The molecule has 0 saturated carbocycles. The van der Waals surface area contributed by atoms with Crippen LogP contribution in [0.3, 0.4) is 0 Å². The average molecular weight is 403 g/mol. The van der Waals surface area contributed by atoms with Gasteiger partial charge in [0.05, 0.1) is 16.8 Å². The van der Waals surface area contributed by atoms with Gasteiger partial charge in [-0.25, -0.2) is 16.8 Å². The number of hydrogen-bond donors (Lipinski definition) is 1. The Bertz CT molecular complexity index is 1170. The molecule has 1 aromatic heterocycles. The van der Waals surface area contributed by atoms with Gasteiger partial charge in [-0.1, -0.05) is 32.9 Å². The Morgan fingerprint density at radius 1 is 1.11 bits per heavy atom. The summed E-state index contributed by atoms with van der Waals surface area (Å²) in [6, 6.07) is 10.3. The number of carboxylic acid groups (broad SMARTS) is 1. The summed E-state index contributed by atoms with van der Waals surface area (Å²) in [6.45, 7) is 7.64. The summed E-state index contributed by atoms with van der Waals surface area (Å²) in [5, 5.41) is 9.49. The molecule has 0 aliphatic rings.